The first-order valence-corrected chi connectivity index (χ1v) is 14.8. The fourth-order valence-electron chi connectivity index (χ4n) is 4.48. The van der Waals surface area contributed by atoms with Crippen LogP contribution in [-0.4, -0.2) is 44.1 Å². The second kappa shape index (κ2) is 11.2. The molecule has 6 rings (SSSR count). The Kier molecular flexibility index (Phi) is 7.33. The quantitative estimate of drug-likeness (QED) is 0.234. The molecule has 0 unspecified atom stereocenters. The summed E-state index contributed by atoms with van der Waals surface area (Å²) in [5, 5.41) is 15.5. The van der Waals surface area contributed by atoms with Crippen LogP contribution in [0.5, 0.6) is 0 Å². The number of nitrogens with one attached hydrogen (secondary N) is 1. The fraction of sp³-hybridized carbons (Fsp3) is 0.172. The van der Waals surface area contributed by atoms with Crippen molar-refractivity contribution in [1.29, 1.82) is 5.26 Å². The lowest BCUT2D eigenvalue weighted by atomic mass is 10.0. The van der Waals surface area contributed by atoms with Crippen molar-refractivity contribution in [2.24, 2.45) is 7.05 Å². The van der Waals surface area contributed by atoms with Gasteiger partial charge in [0.1, 0.15) is 11.9 Å². The Hall–Kier alpha value is -3.71. The SMILES string of the molecule is Cn1ccnc1Sc1ccc(Nc2c(C#N)cnc3cc(-c4ccc(N5CCSCC5)nc4)ccc23)cc1Cl. The number of rotatable bonds is 6. The molecule has 0 atom stereocenters. The number of aryl methyl sites for hydroxylation is 1. The van der Waals surface area contributed by atoms with Gasteiger partial charge >= 0.3 is 0 Å². The molecule has 1 aliphatic rings. The first kappa shape index (κ1) is 25.6. The Bertz CT molecular complexity index is 1690. The molecule has 3 aromatic heterocycles. The van der Waals surface area contributed by atoms with Crippen LogP contribution in [0.2, 0.25) is 5.02 Å². The molecule has 0 radical (unpaired) electrons. The van der Waals surface area contributed by atoms with Crippen molar-refractivity contribution >= 4 is 63.2 Å². The average Bonchev–Trinajstić information content (AvgIpc) is 3.39. The molecule has 1 aliphatic heterocycles. The number of aromatic nitrogens is 4. The van der Waals surface area contributed by atoms with Crippen molar-refractivity contribution in [2.45, 2.75) is 10.1 Å². The molecule has 2 aromatic carbocycles. The van der Waals surface area contributed by atoms with Gasteiger partial charge in [-0.25, -0.2) is 9.97 Å². The van der Waals surface area contributed by atoms with Gasteiger partial charge in [0, 0.05) is 78.0 Å². The maximum absolute atomic E-state index is 9.81. The zero-order chi connectivity index (χ0) is 26.8. The smallest absolute Gasteiger partial charge is 0.172 e. The number of nitriles is 1. The molecular formula is C29H24ClN7S2. The van der Waals surface area contributed by atoms with Crippen LogP contribution in [0.3, 0.4) is 0 Å². The summed E-state index contributed by atoms with van der Waals surface area (Å²) in [4.78, 5) is 16.9. The summed E-state index contributed by atoms with van der Waals surface area (Å²) in [7, 11) is 1.95. The summed E-state index contributed by atoms with van der Waals surface area (Å²) in [5.41, 5.74) is 4.79. The topological polar surface area (TPSA) is 82.7 Å². The van der Waals surface area contributed by atoms with Crippen molar-refractivity contribution in [3.05, 3.63) is 83.9 Å². The summed E-state index contributed by atoms with van der Waals surface area (Å²) >= 11 is 10.1. The second-order valence-corrected chi connectivity index (χ2v) is 11.7. The fourth-order valence-corrected chi connectivity index (χ4v) is 6.49. The monoisotopic (exact) mass is 569 g/mol. The second-order valence-electron chi connectivity index (χ2n) is 9.09. The molecule has 10 heteroatoms. The normalized spacial score (nSPS) is 13.4. The number of benzene rings is 2. The van der Waals surface area contributed by atoms with E-state index in [1.165, 1.54) is 11.8 Å². The van der Waals surface area contributed by atoms with Crippen molar-refractivity contribution in [2.75, 3.05) is 34.8 Å². The van der Waals surface area contributed by atoms with Gasteiger partial charge in [0.05, 0.1) is 21.8 Å². The highest BCUT2D eigenvalue weighted by Gasteiger charge is 2.15. The van der Waals surface area contributed by atoms with E-state index in [1.54, 1.807) is 12.4 Å². The van der Waals surface area contributed by atoms with Crippen molar-refractivity contribution in [1.82, 2.24) is 19.5 Å². The Labute approximate surface area is 240 Å². The molecule has 1 saturated heterocycles. The molecule has 7 nitrogen and oxygen atoms in total. The standard InChI is InChI=1S/C29H24ClN7S2/c1-36-9-8-32-29(36)39-26-6-4-22(15-24(26)30)35-28-21(16-31)18-33-25-14-19(2-5-23(25)28)20-3-7-27(34-17-20)37-10-12-38-13-11-37/h2-9,14-15,17-18H,10-13H2,1H3,(H,33,35). The summed E-state index contributed by atoms with van der Waals surface area (Å²) in [6.07, 6.45) is 7.19. The third-order valence-corrected chi connectivity index (χ3v) is 9.10. The van der Waals surface area contributed by atoms with Crippen LogP contribution in [0.15, 0.2) is 83.4 Å². The molecule has 0 saturated carbocycles. The van der Waals surface area contributed by atoms with E-state index >= 15 is 0 Å². The molecule has 5 aromatic rings. The molecular weight excluding hydrogens is 546 g/mol. The molecule has 0 aliphatic carbocycles. The number of hydrogen-bond acceptors (Lipinski definition) is 8. The minimum atomic E-state index is 0.462. The molecule has 1 N–H and O–H groups in total. The number of anilines is 3. The minimum absolute atomic E-state index is 0.462. The van der Waals surface area contributed by atoms with Gasteiger partial charge in [-0.1, -0.05) is 35.5 Å². The molecule has 194 valence electrons. The highest BCUT2D eigenvalue weighted by molar-refractivity contribution is 7.99. The van der Waals surface area contributed by atoms with Gasteiger partial charge in [-0.05, 0) is 42.0 Å². The first-order valence-electron chi connectivity index (χ1n) is 12.4. The van der Waals surface area contributed by atoms with Gasteiger partial charge in [0.15, 0.2) is 5.16 Å². The van der Waals surface area contributed by atoms with Gasteiger partial charge in [-0.3, -0.25) is 4.98 Å². The Morgan fingerprint density at radius 2 is 1.85 bits per heavy atom. The van der Waals surface area contributed by atoms with Crippen molar-refractivity contribution in [3.63, 3.8) is 0 Å². The number of fused-ring (bicyclic) bond motifs is 1. The molecule has 0 amide bonds. The van der Waals surface area contributed by atoms with Crippen molar-refractivity contribution in [3.8, 4) is 17.2 Å². The van der Waals surface area contributed by atoms with E-state index in [1.807, 2.05) is 72.2 Å². The van der Waals surface area contributed by atoms with Crippen molar-refractivity contribution < 1.29 is 0 Å². The van der Waals surface area contributed by atoms with Crippen LogP contribution in [0.25, 0.3) is 22.0 Å². The molecule has 39 heavy (non-hydrogen) atoms. The number of pyridine rings is 2. The zero-order valence-electron chi connectivity index (χ0n) is 21.1. The molecule has 4 heterocycles. The highest BCUT2D eigenvalue weighted by Crippen LogP contribution is 2.36. The van der Waals surface area contributed by atoms with E-state index in [4.69, 9.17) is 16.6 Å². The van der Waals surface area contributed by atoms with Gasteiger partial charge in [0.25, 0.3) is 0 Å². The van der Waals surface area contributed by atoms with E-state index in [0.29, 0.717) is 16.3 Å². The maximum atomic E-state index is 9.81. The third kappa shape index (κ3) is 5.41. The van der Waals surface area contributed by atoms with Gasteiger partial charge in [0.2, 0.25) is 0 Å². The van der Waals surface area contributed by atoms with E-state index in [2.05, 4.69) is 38.4 Å². The van der Waals surface area contributed by atoms with E-state index in [9.17, 15) is 5.26 Å². The summed E-state index contributed by atoms with van der Waals surface area (Å²) in [5.74, 6) is 3.30. The maximum Gasteiger partial charge on any atom is 0.172 e. The predicted molar refractivity (Wildman–Crippen MR) is 161 cm³/mol. The van der Waals surface area contributed by atoms with E-state index in [0.717, 1.165) is 68.2 Å². The number of nitrogens with zero attached hydrogens (tertiary/aromatic N) is 6. The lowest BCUT2D eigenvalue weighted by molar-refractivity contribution is 0.790. The van der Waals surface area contributed by atoms with E-state index in [-0.39, 0.29) is 0 Å². The van der Waals surface area contributed by atoms with Crippen LogP contribution in [0.4, 0.5) is 17.2 Å². The number of hydrogen-bond donors (Lipinski definition) is 1. The van der Waals surface area contributed by atoms with Crippen LogP contribution in [0.1, 0.15) is 5.56 Å². The number of thioether (sulfide) groups is 1. The summed E-state index contributed by atoms with van der Waals surface area (Å²) in [6.45, 7) is 2.07. The van der Waals surface area contributed by atoms with Gasteiger partial charge in [-0.15, -0.1) is 0 Å². The predicted octanol–water partition coefficient (Wildman–Crippen LogP) is 7.00. The summed E-state index contributed by atoms with van der Waals surface area (Å²) < 4.78 is 1.95. The number of imidazole rings is 1. The minimum Gasteiger partial charge on any atom is -0.355 e. The van der Waals surface area contributed by atoms with Gasteiger partial charge in [-0.2, -0.15) is 17.0 Å². The van der Waals surface area contributed by atoms with Crippen LogP contribution < -0.4 is 10.2 Å². The average molecular weight is 570 g/mol. The largest absolute Gasteiger partial charge is 0.355 e. The molecule has 1 fully saturated rings. The van der Waals surface area contributed by atoms with Crippen LogP contribution in [0, 0.1) is 11.3 Å². The van der Waals surface area contributed by atoms with Crippen LogP contribution in [-0.2, 0) is 7.05 Å². The van der Waals surface area contributed by atoms with Crippen LogP contribution >= 0.6 is 35.1 Å². The Morgan fingerprint density at radius 1 is 1.00 bits per heavy atom. The lowest BCUT2D eigenvalue weighted by Gasteiger charge is -2.27. The Morgan fingerprint density at radius 3 is 2.56 bits per heavy atom. The third-order valence-electron chi connectivity index (χ3n) is 6.59. The van der Waals surface area contributed by atoms with E-state index < -0.39 is 0 Å². The van der Waals surface area contributed by atoms with Gasteiger partial charge < -0.3 is 14.8 Å². The first-order chi connectivity index (χ1) is 19.1. The lowest BCUT2D eigenvalue weighted by Crippen LogP contribution is -2.32. The summed E-state index contributed by atoms with van der Waals surface area (Å²) in [6, 6.07) is 18.3. The number of halogens is 1. The Balaban J connectivity index is 1.27. The molecule has 0 spiro atoms. The highest BCUT2D eigenvalue weighted by atomic mass is 35.5. The zero-order valence-corrected chi connectivity index (χ0v) is 23.5. The molecule has 0 bridgehead atoms.